The Morgan fingerprint density at radius 1 is 0.308 bits per heavy atom. The van der Waals surface area contributed by atoms with Gasteiger partial charge in [0, 0.05) is 61.9 Å². The fourth-order valence-electron chi connectivity index (χ4n) is 4.30. The largest absolute Gasteiger partial charge is 2.00 e. The van der Waals surface area contributed by atoms with Crippen LogP contribution in [-0.4, -0.2) is 34.2 Å². The number of para-hydroxylation sites is 4. The summed E-state index contributed by atoms with van der Waals surface area (Å²) in [5.41, 5.74) is 2.20. The molecule has 52 heavy (non-hydrogen) atoms. The maximum atomic E-state index is 11.1. The smallest absolute Gasteiger partial charge is 0.0623 e. The molecule has 4 aromatic carbocycles. The van der Waals surface area contributed by atoms with Crippen LogP contribution in [-0.2, 0) is 48.1 Å². The zero-order chi connectivity index (χ0) is 34.7. The van der Waals surface area contributed by atoms with E-state index < -0.39 is 0 Å². The maximum Gasteiger partial charge on any atom is 0.0623 e. The molecule has 8 aromatic rings. The van der Waals surface area contributed by atoms with Gasteiger partial charge in [0.1, 0.15) is 0 Å². The third kappa shape index (κ3) is 13.8. The second kappa shape index (κ2) is 26.5. The number of benzene rings is 4. The van der Waals surface area contributed by atoms with Gasteiger partial charge in [-0.2, -0.15) is 14.2 Å². The van der Waals surface area contributed by atoms with E-state index in [1.165, 1.54) is 24.3 Å². The van der Waals surface area contributed by atoms with Crippen LogP contribution in [0.1, 0.15) is 0 Å². The molecule has 12 nitrogen and oxygen atoms in total. The minimum absolute atomic E-state index is 0. The SMILES string of the molecule is C[O-].C[O-].[O-2].[O-2].[O-]c1cccc2cccnc12.[O-]c1cccc2cccnc12.[O-]c1cccc2cccnc12.[O-]c1cccc2cccnc12.[V].[V]. The Morgan fingerprint density at radius 2 is 0.481 bits per heavy atom. The second-order valence-corrected chi connectivity index (χ2v) is 9.33. The van der Waals surface area contributed by atoms with Gasteiger partial charge in [0.25, 0.3) is 0 Å². The fourth-order valence-corrected chi connectivity index (χ4v) is 4.30. The summed E-state index contributed by atoms with van der Waals surface area (Å²) in [4.78, 5) is 15.9. The number of pyridine rings is 4. The van der Waals surface area contributed by atoms with E-state index in [2.05, 4.69) is 19.9 Å². The topological polar surface area (TPSA) is 247 Å². The van der Waals surface area contributed by atoms with E-state index >= 15 is 0 Å². The molecular formula is C38H30N4O8V2-10. The standard InChI is InChI=1S/4C9H7NO.2CH3O.2O.2V/c4*11-8-5-1-3-7-4-2-6-10-9(7)8;2*1-2;;;;/h4*1-6,11H;2*1H3;;;;/q;;;;2*-1;2*-2;;/p-4. The third-order valence-corrected chi connectivity index (χ3v) is 6.38. The monoisotopic (exact) mass is 772 g/mol. The van der Waals surface area contributed by atoms with Gasteiger partial charge in [-0.25, -0.2) is 0 Å². The van der Waals surface area contributed by atoms with Crippen LogP contribution in [0, 0.1) is 0 Å². The maximum absolute atomic E-state index is 11.1. The van der Waals surface area contributed by atoms with Gasteiger partial charge in [-0.1, -0.05) is 120 Å². The first kappa shape index (κ1) is 48.8. The van der Waals surface area contributed by atoms with Crippen molar-refractivity contribution >= 4 is 43.6 Å². The van der Waals surface area contributed by atoms with Gasteiger partial charge in [0.05, 0.1) is 22.1 Å². The molecule has 8 rings (SSSR count). The number of rotatable bonds is 0. The average Bonchev–Trinajstić information content (AvgIpc) is 3.15. The first-order chi connectivity index (χ1) is 23.5. The predicted octanol–water partition coefficient (Wildman–Crippen LogP) is 2.94. The summed E-state index contributed by atoms with van der Waals surface area (Å²) in [6.07, 6.45) is 6.51. The zero-order valence-electron chi connectivity index (χ0n) is 27.8. The van der Waals surface area contributed by atoms with Crippen LogP contribution in [0.25, 0.3) is 43.6 Å². The Kier molecular flexibility index (Phi) is 24.9. The van der Waals surface area contributed by atoms with E-state index in [0.29, 0.717) is 22.1 Å². The minimum atomic E-state index is -0.0110. The van der Waals surface area contributed by atoms with E-state index in [4.69, 9.17) is 10.2 Å². The summed E-state index contributed by atoms with van der Waals surface area (Å²) < 4.78 is 0. The molecule has 0 saturated carbocycles. The van der Waals surface area contributed by atoms with Crippen molar-refractivity contribution < 1.29 is 78.7 Å². The van der Waals surface area contributed by atoms with Crippen molar-refractivity contribution in [1.82, 2.24) is 19.9 Å². The molecule has 4 aromatic heterocycles. The van der Waals surface area contributed by atoms with E-state index in [1.54, 1.807) is 49.1 Å². The summed E-state index contributed by atoms with van der Waals surface area (Å²) in [6.45, 7) is 0. The van der Waals surface area contributed by atoms with Crippen LogP contribution in [0.2, 0.25) is 0 Å². The molecule has 0 amide bonds. The van der Waals surface area contributed by atoms with Crippen LogP contribution in [0.3, 0.4) is 0 Å². The Hall–Kier alpha value is -5.27. The molecule has 0 aliphatic rings. The number of nitrogens with zero attached hydrogens (tertiary/aromatic N) is 4. The molecule has 4 heterocycles. The molecule has 0 aliphatic heterocycles. The van der Waals surface area contributed by atoms with Gasteiger partial charge in [0.15, 0.2) is 0 Å². The molecular weight excluding hydrogens is 742 g/mol. The van der Waals surface area contributed by atoms with Crippen molar-refractivity contribution in [3.05, 3.63) is 146 Å². The first-order valence-electron chi connectivity index (χ1n) is 14.4. The van der Waals surface area contributed by atoms with Crippen molar-refractivity contribution in [1.29, 1.82) is 0 Å². The summed E-state index contributed by atoms with van der Waals surface area (Å²) in [6, 6.07) is 35.4. The first-order valence-corrected chi connectivity index (χ1v) is 14.4. The second-order valence-electron chi connectivity index (χ2n) is 9.33. The molecule has 0 N–H and O–H groups in total. The molecule has 0 atom stereocenters. The van der Waals surface area contributed by atoms with Crippen LogP contribution in [0.4, 0.5) is 0 Å². The number of fused-ring (bicyclic) bond motifs is 4. The molecule has 14 heteroatoms. The van der Waals surface area contributed by atoms with Crippen LogP contribution < -0.4 is 30.6 Å². The average molecular weight is 773 g/mol. The predicted molar refractivity (Wildman–Crippen MR) is 178 cm³/mol. The van der Waals surface area contributed by atoms with Gasteiger partial charge in [-0.15, -0.1) is 0 Å². The number of hydrogen-bond donors (Lipinski definition) is 0. The van der Waals surface area contributed by atoms with Gasteiger partial charge >= 0.3 is 0 Å². The van der Waals surface area contributed by atoms with Crippen molar-refractivity contribution in [3.63, 3.8) is 0 Å². The fraction of sp³-hybridized carbons (Fsp3) is 0.0526. The molecule has 2 radical (unpaired) electrons. The van der Waals surface area contributed by atoms with E-state index in [0.717, 1.165) is 35.8 Å². The van der Waals surface area contributed by atoms with Crippen LogP contribution in [0.15, 0.2) is 146 Å². The number of aromatic nitrogens is 4. The zero-order valence-corrected chi connectivity index (χ0v) is 30.6. The summed E-state index contributed by atoms with van der Waals surface area (Å²) in [5.74, 6) is -0.0441. The molecule has 0 bridgehead atoms. The van der Waals surface area contributed by atoms with Crippen LogP contribution >= 0.6 is 0 Å². The van der Waals surface area contributed by atoms with Gasteiger partial charge in [-0.3, -0.25) is 19.9 Å². The van der Waals surface area contributed by atoms with Crippen molar-refractivity contribution in [2.24, 2.45) is 0 Å². The Balaban J connectivity index is 0. The molecule has 0 aliphatic carbocycles. The summed E-state index contributed by atoms with van der Waals surface area (Å²) in [7, 11) is 1.50. The number of hydrogen-bond acceptors (Lipinski definition) is 10. The summed E-state index contributed by atoms with van der Waals surface area (Å²) >= 11 is 0. The van der Waals surface area contributed by atoms with E-state index in [9.17, 15) is 20.4 Å². The molecule has 0 spiro atoms. The Bertz CT molecular complexity index is 1850. The Morgan fingerprint density at radius 3 is 0.654 bits per heavy atom. The van der Waals surface area contributed by atoms with Crippen molar-refractivity contribution in [3.8, 4) is 23.0 Å². The van der Waals surface area contributed by atoms with Gasteiger partial charge in [0.2, 0.25) is 0 Å². The minimum Gasteiger partial charge on any atom is -2.00 e. The Labute approximate surface area is 324 Å². The van der Waals surface area contributed by atoms with Crippen LogP contribution in [0.5, 0.6) is 23.0 Å². The van der Waals surface area contributed by atoms with Crippen molar-refractivity contribution in [2.45, 2.75) is 0 Å². The van der Waals surface area contributed by atoms with E-state index in [-0.39, 0.29) is 71.1 Å². The summed E-state index contributed by atoms with van der Waals surface area (Å²) in [5, 5.41) is 64.6. The molecule has 0 fully saturated rings. The van der Waals surface area contributed by atoms with Gasteiger partial charge < -0.3 is 41.6 Å². The van der Waals surface area contributed by atoms with Gasteiger partial charge in [-0.05, 0) is 45.8 Å². The molecule has 0 saturated heterocycles. The molecule has 0 unspecified atom stereocenters. The third-order valence-electron chi connectivity index (χ3n) is 6.38. The normalized spacial score (nSPS) is 8.85. The quantitative estimate of drug-likeness (QED) is 0.218. The van der Waals surface area contributed by atoms with Crippen molar-refractivity contribution in [2.75, 3.05) is 14.2 Å². The molecule has 270 valence electrons. The van der Waals surface area contributed by atoms with E-state index in [1.807, 2.05) is 72.8 Å².